The Labute approximate surface area is 210 Å². The van der Waals surface area contributed by atoms with E-state index in [0.717, 1.165) is 24.3 Å². The van der Waals surface area contributed by atoms with E-state index in [9.17, 15) is 34.8 Å². The maximum Gasteiger partial charge on any atom is 0.416 e. The second-order valence-electron chi connectivity index (χ2n) is 7.25. The van der Waals surface area contributed by atoms with Crippen LogP contribution in [0.15, 0.2) is 96.3 Å². The van der Waals surface area contributed by atoms with E-state index in [1.165, 1.54) is 30.3 Å². The van der Waals surface area contributed by atoms with Gasteiger partial charge in [-0.15, -0.1) is 0 Å². The lowest BCUT2D eigenvalue weighted by molar-refractivity contribution is -0.137. The van der Waals surface area contributed by atoms with Gasteiger partial charge in [-0.3, -0.25) is 4.72 Å². The molecule has 0 aliphatic carbocycles. The molecule has 0 saturated heterocycles. The molecule has 1 N–H and O–H groups in total. The number of rotatable bonds is 6. The molecule has 36 heavy (non-hydrogen) atoms. The zero-order valence-electron chi connectivity index (χ0n) is 17.6. The van der Waals surface area contributed by atoms with Crippen molar-refractivity contribution < 1.29 is 38.6 Å². The molecule has 0 spiro atoms. The summed E-state index contributed by atoms with van der Waals surface area (Å²) >= 11 is 3.16. The van der Waals surface area contributed by atoms with Crippen LogP contribution < -0.4 is 14.5 Å². The molecule has 3 aromatic carbocycles. The van der Waals surface area contributed by atoms with Crippen LogP contribution in [0, 0.1) is 0 Å². The van der Waals surface area contributed by atoms with Crippen molar-refractivity contribution in [1.82, 2.24) is 0 Å². The van der Waals surface area contributed by atoms with Crippen molar-refractivity contribution in [3.63, 3.8) is 0 Å². The van der Waals surface area contributed by atoms with E-state index in [1.54, 1.807) is 6.07 Å². The van der Waals surface area contributed by atoms with Gasteiger partial charge in [-0.2, -0.15) is 21.6 Å². The quantitative estimate of drug-likeness (QED) is 0.239. The summed E-state index contributed by atoms with van der Waals surface area (Å²) in [6, 6.07) is 13.6. The normalized spacial score (nSPS) is 12.4. The van der Waals surface area contributed by atoms with E-state index in [1.807, 2.05) is 0 Å². The van der Waals surface area contributed by atoms with Gasteiger partial charge in [0.05, 0.1) is 10.5 Å². The average Bonchev–Trinajstić information content (AvgIpc) is 2.79. The Kier molecular flexibility index (Phi) is 6.62. The van der Waals surface area contributed by atoms with Crippen molar-refractivity contribution in [2.45, 2.75) is 16.0 Å². The second kappa shape index (κ2) is 9.26. The highest BCUT2D eigenvalue weighted by molar-refractivity contribution is 9.10. The Morgan fingerprint density at radius 2 is 1.53 bits per heavy atom. The first kappa shape index (κ1) is 25.7. The Balaban J connectivity index is 1.70. The molecule has 0 atom stereocenters. The first-order valence-electron chi connectivity index (χ1n) is 9.73. The lowest BCUT2D eigenvalue weighted by Gasteiger charge is -2.12. The number of hydrogen-bond acceptors (Lipinski definition) is 7. The van der Waals surface area contributed by atoms with Crippen molar-refractivity contribution in [1.29, 1.82) is 0 Å². The number of fused-ring (bicyclic) bond motifs is 1. The predicted octanol–water partition coefficient (Wildman–Crippen LogP) is 5.14. The molecule has 188 valence electrons. The lowest BCUT2D eigenvalue weighted by atomic mass is 10.2. The van der Waals surface area contributed by atoms with Crippen molar-refractivity contribution in [3.8, 4) is 5.75 Å². The zero-order chi connectivity index (χ0) is 26.3. The summed E-state index contributed by atoms with van der Waals surface area (Å²) in [6.07, 6.45) is -4.78. The number of nitrogens with one attached hydrogen (secondary N) is 1. The molecule has 0 fully saturated rings. The fourth-order valence-electron chi connectivity index (χ4n) is 3.09. The summed E-state index contributed by atoms with van der Waals surface area (Å²) < 4.78 is 102. The minimum Gasteiger partial charge on any atom is -0.417 e. The molecule has 0 unspecified atom stereocenters. The van der Waals surface area contributed by atoms with Crippen LogP contribution in [0.1, 0.15) is 5.56 Å². The maximum absolute atomic E-state index is 13.0. The molecule has 4 aromatic rings. The Bertz CT molecular complexity index is 1750. The minimum atomic E-state index is -4.78. The summed E-state index contributed by atoms with van der Waals surface area (Å²) in [5, 5.41) is 0.0817. The Morgan fingerprint density at radius 3 is 2.22 bits per heavy atom. The number of para-hydroxylation sites is 1. The number of halogens is 4. The van der Waals surface area contributed by atoms with E-state index < -0.39 is 53.8 Å². The van der Waals surface area contributed by atoms with Crippen LogP contribution in [-0.4, -0.2) is 16.8 Å². The van der Waals surface area contributed by atoms with Gasteiger partial charge in [0, 0.05) is 9.86 Å². The molecule has 0 bridgehead atoms. The van der Waals surface area contributed by atoms with E-state index in [0.29, 0.717) is 16.6 Å². The zero-order valence-corrected chi connectivity index (χ0v) is 20.8. The summed E-state index contributed by atoms with van der Waals surface area (Å²) in [4.78, 5) is 11.6. The molecule has 4 rings (SSSR count). The number of hydrogen-bond donors (Lipinski definition) is 1. The van der Waals surface area contributed by atoms with Gasteiger partial charge in [-0.1, -0.05) is 40.2 Å². The van der Waals surface area contributed by atoms with Gasteiger partial charge in [0.15, 0.2) is 11.3 Å². The monoisotopic (exact) mass is 603 g/mol. The molecule has 0 radical (unpaired) electrons. The van der Waals surface area contributed by atoms with Gasteiger partial charge in [0.1, 0.15) is 10.6 Å². The third-order valence-electron chi connectivity index (χ3n) is 4.72. The van der Waals surface area contributed by atoms with Gasteiger partial charge in [0.2, 0.25) is 0 Å². The standard InChI is InChI=1S/C22H13BrF3NO7S2/c23-15-6-3-7-16(12-15)35(29,30)27-18-10-13-4-1-9-19(20(13)33-21(18)28)34-36(31,32)17-8-2-5-14(11-17)22(24,25)26/h1-12,27H. The van der Waals surface area contributed by atoms with Crippen LogP contribution in [0.25, 0.3) is 11.0 Å². The molecule has 14 heteroatoms. The van der Waals surface area contributed by atoms with Crippen LogP contribution in [-0.2, 0) is 26.3 Å². The predicted molar refractivity (Wildman–Crippen MR) is 127 cm³/mol. The smallest absolute Gasteiger partial charge is 0.416 e. The number of sulfonamides is 1. The van der Waals surface area contributed by atoms with Gasteiger partial charge in [-0.25, -0.2) is 13.2 Å². The average molecular weight is 604 g/mol. The molecular formula is C22H13BrF3NO7S2. The summed E-state index contributed by atoms with van der Waals surface area (Å²) in [6.45, 7) is 0. The summed E-state index contributed by atoms with van der Waals surface area (Å²) in [5.41, 5.74) is -3.17. The van der Waals surface area contributed by atoms with Crippen molar-refractivity contribution in [2.75, 3.05) is 4.72 Å². The van der Waals surface area contributed by atoms with Crippen LogP contribution in [0.3, 0.4) is 0 Å². The molecule has 0 saturated carbocycles. The third-order valence-corrected chi connectivity index (χ3v) is 7.81. The molecule has 0 amide bonds. The van der Waals surface area contributed by atoms with Gasteiger partial charge < -0.3 is 8.60 Å². The first-order chi connectivity index (χ1) is 16.8. The Morgan fingerprint density at radius 1 is 0.861 bits per heavy atom. The van der Waals surface area contributed by atoms with Crippen molar-refractivity contribution >= 4 is 52.7 Å². The second-order valence-corrected chi connectivity index (χ2v) is 11.4. The highest BCUT2D eigenvalue weighted by Gasteiger charge is 2.32. The molecule has 0 aliphatic rings. The number of anilines is 1. The van der Waals surface area contributed by atoms with Gasteiger partial charge in [0.25, 0.3) is 10.0 Å². The van der Waals surface area contributed by atoms with Crippen molar-refractivity contribution in [2.24, 2.45) is 0 Å². The van der Waals surface area contributed by atoms with E-state index in [4.69, 9.17) is 8.60 Å². The SMILES string of the molecule is O=c1oc2c(OS(=O)(=O)c3cccc(C(F)(F)F)c3)cccc2cc1NS(=O)(=O)c1cccc(Br)c1. The molecular weight excluding hydrogens is 591 g/mol. The lowest BCUT2D eigenvalue weighted by Crippen LogP contribution is -2.18. The molecule has 1 aromatic heterocycles. The van der Waals surface area contributed by atoms with E-state index >= 15 is 0 Å². The first-order valence-corrected chi connectivity index (χ1v) is 13.4. The van der Waals surface area contributed by atoms with E-state index in [2.05, 4.69) is 20.7 Å². The van der Waals surface area contributed by atoms with Crippen LogP contribution in [0.2, 0.25) is 0 Å². The Hall–Kier alpha value is -3.36. The van der Waals surface area contributed by atoms with Crippen LogP contribution in [0.5, 0.6) is 5.75 Å². The fraction of sp³-hybridized carbons (Fsp3) is 0.0455. The number of benzene rings is 3. The third kappa shape index (κ3) is 5.39. The van der Waals surface area contributed by atoms with E-state index in [-0.39, 0.29) is 15.9 Å². The van der Waals surface area contributed by atoms with Crippen molar-refractivity contribution in [3.05, 3.63) is 93.3 Å². The highest BCUT2D eigenvalue weighted by Crippen LogP contribution is 2.33. The van der Waals surface area contributed by atoms with Crippen LogP contribution >= 0.6 is 15.9 Å². The molecule has 8 nitrogen and oxygen atoms in total. The summed E-state index contributed by atoms with van der Waals surface area (Å²) in [5.74, 6) is -0.483. The number of alkyl halides is 3. The van der Waals surface area contributed by atoms with Crippen LogP contribution in [0.4, 0.5) is 18.9 Å². The maximum atomic E-state index is 13.0. The van der Waals surface area contributed by atoms with Gasteiger partial charge in [-0.05, 0) is 48.5 Å². The highest BCUT2D eigenvalue weighted by atomic mass is 79.9. The summed E-state index contributed by atoms with van der Waals surface area (Å²) in [7, 11) is -8.93. The topological polar surface area (TPSA) is 120 Å². The van der Waals surface area contributed by atoms with Gasteiger partial charge >= 0.3 is 21.9 Å². The molecule has 0 aliphatic heterocycles. The fourth-order valence-corrected chi connectivity index (χ4v) is 5.71. The largest absolute Gasteiger partial charge is 0.417 e. The molecule has 1 heterocycles. The minimum absolute atomic E-state index is 0.0817.